The Balaban J connectivity index is 1.66. The summed E-state index contributed by atoms with van der Waals surface area (Å²) in [5.41, 5.74) is -0.217. The van der Waals surface area contributed by atoms with Crippen LogP contribution < -0.4 is 5.56 Å². The second-order valence-corrected chi connectivity index (χ2v) is 5.27. The molecule has 0 spiro atoms. The lowest BCUT2D eigenvalue weighted by atomic mass is 10.0. The van der Waals surface area contributed by atoms with Crippen LogP contribution in [0.2, 0.25) is 0 Å². The number of aromatic nitrogens is 2. The number of rotatable bonds is 2. The first-order valence-corrected chi connectivity index (χ1v) is 6.54. The quantitative estimate of drug-likeness (QED) is 0.764. The molecule has 1 saturated carbocycles. The lowest BCUT2D eigenvalue weighted by Crippen LogP contribution is -2.36. The van der Waals surface area contributed by atoms with Crippen molar-refractivity contribution >= 4 is 5.91 Å². The summed E-state index contributed by atoms with van der Waals surface area (Å²) in [6, 6.07) is 3.02. The summed E-state index contributed by atoms with van der Waals surface area (Å²) in [4.78, 5) is 25.5. The molecular weight excluding hydrogens is 230 g/mol. The maximum absolute atomic E-state index is 12.1. The monoisotopic (exact) mass is 247 g/mol. The fraction of sp³-hybridized carbons (Fsp3) is 0.615. The second kappa shape index (κ2) is 4.55. The topological polar surface area (TPSA) is 55.2 Å². The molecule has 0 aromatic carbocycles. The highest BCUT2D eigenvalue weighted by Crippen LogP contribution is 2.37. The van der Waals surface area contributed by atoms with E-state index in [4.69, 9.17) is 0 Å². The van der Waals surface area contributed by atoms with Crippen molar-refractivity contribution in [1.29, 1.82) is 0 Å². The van der Waals surface area contributed by atoms with Crippen LogP contribution in [0, 0.1) is 11.8 Å². The summed E-state index contributed by atoms with van der Waals surface area (Å²) in [7, 11) is 0. The SMILES string of the molecule is O=C(Cn1ncccc1=O)N1CC2CCCC2C1. The Bertz CT molecular complexity index is 499. The molecule has 2 fully saturated rings. The number of likely N-dealkylation sites (tertiary alicyclic amines) is 1. The zero-order valence-electron chi connectivity index (χ0n) is 10.3. The number of amides is 1. The third-order valence-electron chi connectivity index (χ3n) is 4.15. The molecule has 2 aliphatic rings. The normalized spacial score (nSPS) is 26.3. The molecule has 1 saturated heterocycles. The van der Waals surface area contributed by atoms with E-state index in [1.165, 1.54) is 36.2 Å². The first-order chi connectivity index (χ1) is 8.74. The van der Waals surface area contributed by atoms with Crippen LogP contribution in [-0.4, -0.2) is 33.7 Å². The Morgan fingerprint density at radius 3 is 2.72 bits per heavy atom. The molecule has 1 aliphatic heterocycles. The first kappa shape index (κ1) is 11.4. The van der Waals surface area contributed by atoms with Crippen molar-refractivity contribution in [3.63, 3.8) is 0 Å². The van der Waals surface area contributed by atoms with Gasteiger partial charge in [-0.3, -0.25) is 9.59 Å². The smallest absolute Gasteiger partial charge is 0.267 e. The molecule has 2 unspecified atom stereocenters. The largest absolute Gasteiger partial charge is 0.341 e. The zero-order chi connectivity index (χ0) is 12.5. The van der Waals surface area contributed by atoms with Crippen molar-refractivity contribution in [3.05, 3.63) is 28.7 Å². The molecular formula is C13H17N3O2. The minimum Gasteiger partial charge on any atom is -0.341 e. The van der Waals surface area contributed by atoms with Gasteiger partial charge in [0.1, 0.15) is 6.54 Å². The molecule has 0 radical (unpaired) electrons. The third kappa shape index (κ3) is 2.05. The Morgan fingerprint density at radius 1 is 1.33 bits per heavy atom. The molecule has 96 valence electrons. The van der Waals surface area contributed by atoms with Gasteiger partial charge >= 0.3 is 0 Å². The van der Waals surface area contributed by atoms with Gasteiger partial charge in [0.05, 0.1) is 0 Å². The Labute approximate surface area is 105 Å². The van der Waals surface area contributed by atoms with E-state index in [9.17, 15) is 9.59 Å². The van der Waals surface area contributed by atoms with Gasteiger partial charge in [-0.2, -0.15) is 5.10 Å². The lowest BCUT2D eigenvalue weighted by Gasteiger charge is -2.17. The summed E-state index contributed by atoms with van der Waals surface area (Å²) in [5, 5.41) is 3.92. The molecule has 1 amide bonds. The molecule has 1 aromatic heterocycles. The molecule has 1 aromatic rings. The van der Waals surface area contributed by atoms with Gasteiger partial charge in [-0.1, -0.05) is 6.42 Å². The van der Waals surface area contributed by atoms with Gasteiger partial charge in [-0.25, -0.2) is 4.68 Å². The van der Waals surface area contributed by atoms with Gasteiger partial charge in [0.2, 0.25) is 5.91 Å². The van der Waals surface area contributed by atoms with Crippen molar-refractivity contribution in [2.45, 2.75) is 25.8 Å². The summed E-state index contributed by atoms with van der Waals surface area (Å²) in [6.45, 7) is 1.80. The molecule has 5 heteroatoms. The Kier molecular flexibility index (Phi) is 2.89. The van der Waals surface area contributed by atoms with Gasteiger partial charge in [0, 0.05) is 25.4 Å². The fourth-order valence-corrected chi connectivity index (χ4v) is 3.17. The minimum absolute atomic E-state index is 0.0187. The number of hydrogen-bond donors (Lipinski definition) is 0. The molecule has 2 heterocycles. The van der Waals surface area contributed by atoms with E-state index in [-0.39, 0.29) is 18.0 Å². The van der Waals surface area contributed by atoms with Crippen LogP contribution in [0.4, 0.5) is 0 Å². The fourth-order valence-electron chi connectivity index (χ4n) is 3.17. The maximum atomic E-state index is 12.1. The molecule has 0 N–H and O–H groups in total. The van der Waals surface area contributed by atoms with E-state index >= 15 is 0 Å². The predicted molar refractivity (Wildman–Crippen MR) is 65.9 cm³/mol. The molecule has 1 aliphatic carbocycles. The van der Waals surface area contributed by atoms with Gasteiger partial charge in [-0.05, 0) is 30.7 Å². The van der Waals surface area contributed by atoms with Gasteiger partial charge in [-0.15, -0.1) is 0 Å². The van der Waals surface area contributed by atoms with Gasteiger partial charge < -0.3 is 4.90 Å². The molecule has 0 bridgehead atoms. The average molecular weight is 247 g/mol. The molecule has 2 atom stereocenters. The van der Waals surface area contributed by atoms with E-state index in [0.29, 0.717) is 11.8 Å². The molecule has 5 nitrogen and oxygen atoms in total. The number of carbonyl (C=O) groups is 1. The first-order valence-electron chi connectivity index (χ1n) is 6.54. The van der Waals surface area contributed by atoms with E-state index in [2.05, 4.69) is 5.10 Å². The highest BCUT2D eigenvalue weighted by Gasteiger charge is 2.37. The molecule has 3 rings (SSSR count). The van der Waals surface area contributed by atoms with Crippen molar-refractivity contribution in [1.82, 2.24) is 14.7 Å². The van der Waals surface area contributed by atoms with Crippen LogP contribution in [0.25, 0.3) is 0 Å². The molecule has 18 heavy (non-hydrogen) atoms. The summed E-state index contributed by atoms with van der Waals surface area (Å²) < 4.78 is 1.23. The van der Waals surface area contributed by atoms with Crippen molar-refractivity contribution in [2.75, 3.05) is 13.1 Å². The highest BCUT2D eigenvalue weighted by molar-refractivity contribution is 5.76. The summed E-state index contributed by atoms with van der Waals surface area (Å²) >= 11 is 0. The second-order valence-electron chi connectivity index (χ2n) is 5.27. The van der Waals surface area contributed by atoms with E-state index < -0.39 is 0 Å². The van der Waals surface area contributed by atoms with Gasteiger partial charge in [0.25, 0.3) is 5.56 Å². The van der Waals surface area contributed by atoms with Crippen LogP contribution in [0.5, 0.6) is 0 Å². The summed E-state index contributed by atoms with van der Waals surface area (Å²) in [6.07, 6.45) is 5.33. The minimum atomic E-state index is -0.217. The zero-order valence-corrected chi connectivity index (χ0v) is 10.3. The number of carbonyl (C=O) groups excluding carboxylic acids is 1. The van der Waals surface area contributed by atoms with Crippen molar-refractivity contribution in [2.24, 2.45) is 11.8 Å². The van der Waals surface area contributed by atoms with Gasteiger partial charge in [0.15, 0.2) is 0 Å². The van der Waals surface area contributed by atoms with Crippen LogP contribution in [0.3, 0.4) is 0 Å². The Morgan fingerprint density at radius 2 is 2.06 bits per heavy atom. The standard InChI is InChI=1S/C13H17N3O2/c17-12-5-2-6-14-16(12)9-13(18)15-7-10-3-1-4-11(10)8-15/h2,5-6,10-11H,1,3-4,7-9H2. The highest BCUT2D eigenvalue weighted by atomic mass is 16.2. The average Bonchev–Trinajstić information content (AvgIpc) is 2.92. The number of nitrogens with zero attached hydrogens (tertiary/aromatic N) is 3. The Hall–Kier alpha value is -1.65. The van der Waals surface area contributed by atoms with Crippen molar-refractivity contribution in [3.8, 4) is 0 Å². The van der Waals surface area contributed by atoms with E-state index in [1.54, 1.807) is 6.07 Å². The summed E-state index contributed by atoms with van der Waals surface area (Å²) in [5.74, 6) is 1.40. The number of hydrogen-bond acceptors (Lipinski definition) is 3. The maximum Gasteiger partial charge on any atom is 0.267 e. The third-order valence-corrected chi connectivity index (χ3v) is 4.15. The van der Waals surface area contributed by atoms with Crippen LogP contribution in [-0.2, 0) is 11.3 Å². The number of fused-ring (bicyclic) bond motifs is 1. The van der Waals surface area contributed by atoms with Crippen molar-refractivity contribution < 1.29 is 4.79 Å². The predicted octanol–water partition coefficient (Wildman–Crippen LogP) is 0.502. The van der Waals surface area contributed by atoms with E-state index in [0.717, 1.165) is 13.1 Å². The lowest BCUT2D eigenvalue weighted by molar-refractivity contribution is -0.131. The van der Waals surface area contributed by atoms with Crippen LogP contribution in [0.15, 0.2) is 23.1 Å². The van der Waals surface area contributed by atoms with Crippen LogP contribution in [0.1, 0.15) is 19.3 Å². The van der Waals surface area contributed by atoms with Crippen LogP contribution >= 0.6 is 0 Å². The van der Waals surface area contributed by atoms with E-state index in [1.807, 2.05) is 4.90 Å².